The number of carbonyl (C=O) groups is 5. The summed E-state index contributed by atoms with van der Waals surface area (Å²) in [7, 11) is 3.60. The Balaban J connectivity index is 1.64. The first-order valence-corrected chi connectivity index (χ1v) is 14.6. The molecule has 0 radical (unpaired) electrons. The number of phenolic OH excluding ortho intramolecular Hbond substituents is 1. The number of hydrogen-bond donors (Lipinski definition) is 3. The zero-order valence-corrected chi connectivity index (χ0v) is 24.9. The van der Waals surface area contributed by atoms with Crippen molar-refractivity contribution in [1.82, 2.24) is 0 Å². The molecule has 224 valence electrons. The van der Waals surface area contributed by atoms with Crippen molar-refractivity contribution in [2.45, 2.75) is 45.6 Å². The average molecular weight is 585 g/mol. The van der Waals surface area contributed by atoms with Crippen LogP contribution in [0.15, 0.2) is 30.3 Å². The summed E-state index contributed by atoms with van der Waals surface area (Å²) in [6.45, 7) is 5.47. The number of nitrogens with two attached hydrogens (primary N) is 1. The quantitative estimate of drug-likeness (QED) is 0.365. The summed E-state index contributed by atoms with van der Waals surface area (Å²) in [5, 5.41) is 23.2. The summed E-state index contributed by atoms with van der Waals surface area (Å²) >= 11 is 0. The first kappa shape index (κ1) is 30.2. The van der Waals surface area contributed by atoms with Crippen LogP contribution in [0.1, 0.15) is 59.8 Å². The molecule has 3 aliphatic carbocycles. The highest BCUT2D eigenvalue weighted by Crippen LogP contribution is 2.54. The molecule has 0 aromatic heterocycles. The maximum absolute atomic E-state index is 14.2. The van der Waals surface area contributed by atoms with E-state index in [0.717, 1.165) is 17.5 Å². The van der Waals surface area contributed by atoms with Crippen molar-refractivity contribution in [3.8, 4) is 17.6 Å². The fourth-order valence-corrected chi connectivity index (χ4v) is 7.40. The van der Waals surface area contributed by atoms with Crippen LogP contribution >= 0.6 is 0 Å². The molecular weight excluding hydrogens is 548 g/mol. The van der Waals surface area contributed by atoms with Gasteiger partial charge in [0.1, 0.15) is 5.75 Å². The summed E-state index contributed by atoms with van der Waals surface area (Å²) in [4.78, 5) is 69.1. The van der Waals surface area contributed by atoms with E-state index in [2.05, 4.69) is 11.8 Å². The van der Waals surface area contributed by atoms with Crippen LogP contribution < -0.4 is 10.6 Å². The normalized spacial score (nSPS) is 28.0. The maximum Gasteiger partial charge on any atom is 0.235 e. The van der Waals surface area contributed by atoms with Gasteiger partial charge in [0, 0.05) is 37.2 Å². The van der Waals surface area contributed by atoms with E-state index < -0.39 is 70.1 Å². The molecule has 3 aliphatic rings. The topological polar surface area (TPSA) is 155 Å². The number of hydrogen-bond acceptors (Lipinski definition) is 8. The van der Waals surface area contributed by atoms with E-state index >= 15 is 0 Å². The maximum atomic E-state index is 14.2. The molecule has 4 N–H and O–H groups in total. The fourth-order valence-electron chi connectivity index (χ4n) is 7.40. The summed E-state index contributed by atoms with van der Waals surface area (Å²) in [5.74, 6) is -5.84. The number of Topliss-reactive ketones (excluding diaryl/α,β-unsaturated/α-hetero) is 4. The molecule has 1 amide bonds. The lowest BCUT2D eigenvalue weighted by atomic mass is 9.49. The number of carbonyl (C=O) groups excluding carboxylic acids is 5. The van der Waals surface area contributed by atoms with E-state index in [0.29, 0.717) is 11.3 Å². The monoisotopic (exact) mass is 584 g/mol. The minimum absolute atomic E-state index is 0.0346. The number of amides is 1. The molecule has 2 unspecified atom stereocenters. The van der Waals surface area contributed by atoms with Gasteiger partial charge in [0.25, 0.3) is 0 Å². The molecule has 2 aromatic carbocycles. The first-order valence-electron chi connectivity index (χ1n) is 14.6. The Hall–Kier alpha value is -4.29. The number of benzene rings is 2. The molecule has 0 bridgehead atoms. The molecule has 2 saturated carbocycles. The first-order chi connectivity index (χ1) is 20.2. The SMILES string of the molecule is CCc1cccc(C#Cc2cc(N(C)C)c3c(c2O)C(=O)C2C(=O)[C@]4(O)C(=O)C(C(N)=O)C(=O)[C@@H](C(C)C)[C@@H]4C[C@@H]2C3)c1. The number of ketones is 4. The summed E-state index contributed by atoms with van der Waals surface area (Å²) in [6.07, 6.45) is 1.06. The van der Waals surface area contributed by atoms with Crippen LogP contribution in [0.5, 0.6) is 5.75 Å². The number of phenols is 1. The van der Waals surface area contributed by atoms with Crippen LogP contribution in [0.25, 0.3) is 0 Å². The van der Waals surface area contributed by atoms with E-state index in [9.17, 15) is 34.2 Å². The summed E-state index contributed by atoms with van der Waals surface area (Å²) in [5.41, 5.74) is 5.83. The van der Waals surface area contributed by atoms with Crippen molar-refractivity contribution >= 4 is 34.7 Å². The van der Waals surface area contributed by atoms with Gasteiger partial charge in [-0.3, -0.25) is 24.0 Å². The lowest BCUT2D eigenvalue weighted by molar-refractivity contribution is -0.182. The van der Waals surface area contributed by atoms with Crippen molar-refractivity contribution < 1.29 is 34.2 Å². The van der Waals surface area contributed by atoms with Gasteiger partial charge in [-0.25, -0.2) is 0 Å². The summed E-state index contributed by atoms with van der Waals surface area (Å²) < 4.78 is 0. The smallest absolute Gasteiger partial charge is 0.235 e. The molecule has 0 spiro atoms. The van der Waals surface area contributed by atoms with Crippen molar-refractivity contribution in [3.05, 3.63) is 58.1 Å². The van der Waals surface area contributed by atoms with Crippen molar-refractivity contribution in [1.29, 1.82) is 0 Å². The number of primary amides is 1. The Morgan fingerprint density at radius 3 is 2.42 bits per heavy atom. The van der Waals surface area contributed by atoms with Gasteiger partial charge in [0.2, 0.25) is 5.91 Å². The Bertz CT molecular complexity index is 1650. The predicted octanol–water partition coefficient (Wildman–Crippen LogP) is 2.24. The minimum atomic E-state index is -2.72. The van der Waals surface area contributed by atoms with Gasteiger partial charge in [-0.15, -0.1) is 0 Å². The lowest BCUT2D eigenvalue weighted by Crippen LogP contribution is -2.71. The van der Waals surface area contributed by atoms with Crippen molar-refractivity contribution in [3.63, 3.8) is 0 Å². The standard InChI is InChI=1S/C34H36N2O7/c1-6-17-8-7-9-18(12-17)10-11-19-15-23(36(4)5)21-13-20-14-22-24(16(2)3)29(38)27(33(35)42)32(41)34(22,43)31(40)25(20)30(39)26(21)28(19)37/h7-9,12,15-16,20,22,24-25,27,37,43H,6,13-14H2,1-5H3,(H2,35,42)/t20-,22-,24-,25?,27?,34-/m0/s1. The third-order valence-corrected chi connectivity index (χ3v) is 9.45. The highest BCUT2D eigenvalue weighted by Gasteiger charge is 2.69. The van der Waals surface area contributed by atoms with Crippen LogP contribution in [0.4, 0.5) is 5.69 Å². The van der Waals surface area contributed by atoms with Gasteiger partial charge in [0.05, 0.1) is 17.0 Å². The van der Waals surface area contributed by atoms with E-state index in [1.54, 1.807) is 38.9 Å². The predicted molar refractivity (Wildman–Crippen MR) is 158 cm³/mol. The Morgan fingerprint density at radius 1 is 1.12 bits per heavy atom. The highest BCUT2D eigenvalue weighted by atomic mass is 16.3. The molecule has 9 heteroatoms. The zero-order valence-electron chi connectivity index (χ0n) is 24.9. The van der Waals surface area contributed by atoms with E-state index in [1.165, 1.54) is 0 Å². The molecule has 0 aliphatic heterocycles. The third-order valence-electron chi connectivity index (χ3n) is 9.45. The molecule has 6 atom stereocenters. The van der Waals surface area contributed by atoms with Gasteiger partial charge < -0.3 is 20.8 Å². The Labute approximate surface area is 250 Å². The van der Waals surface area contributed by atoms with E-state index in [1.807, 2.05) is 31.2 Å². The number of nitrogens with zero attached hydrogens (tertiary/aromatic N) is 1. The second kappa shape index (κ2) is 10.8. The molecule has 43 heavy (non-hydrogen) atoms. The third kappa shape index (κ3) is 4.56. The van der Waals surface area contributed by atoms with Crippen LogP contribution in [-0.2, 0) is 32.0 Å². The second-order valence-electron chi connectivity index (χ2n) is 12.5. The van der Waals surface area contributed by atoms with Crippen LogP contribution in [0, 0.1) is 47.3 Å². The fraction of sp³-hybridized carbons (Fsp3) is 0.441. The highest BCUT2D eigenvalue weighted by molar-refractivity contribution is 6.32. The van der Waals surface area contributed by atoms with Gasteiger partial charge in [-0.2, -0.15) is 0 Å². The molecule has 2 aromatic rings. The average Bonchev–Trinajstić information content (AvgIpc) is 2.94. The number of anilines is 1. The number of rotatable bonds is 4. The molecule has 9 nitrogen and oxygen atoms in total. The number of fused-ring (bicyclic) bond motifs is 3. The van der Waals surface area contributed by atoms with E-state index in [-0.39, 0.29) is 29.7 Å². The molecule has 0 heterocycles. The number of aliphatic hydroxyl groups is 1. The van der Waals surface area contributed by atoms with Crippen LogP contribution in [-0.4, -0.2) is 58.9 Å². The van der Waals surface area contributed by atoms with Crippen molar-refractivity contribution in [2.75, 3.05) is 19.0 Å². The van der Waals surface area contributed by atoms with Crippen LogP contribution in [0.3, 0.4) is 0 Å². The van der Waals surface area contributed by atoms with Gasteiger partial charge in [0.15, 0.2) is 34.7 Å². The van der Waals surface area contributed by atoms with Crippen molar-refractivity contribution in [2.24, 2.45) is 41.2 Å². The van der Waals surface area contributed by atoms with Gasteiger partial charge >= 0.3 is 0 Å². The molecule has 2 fully saturated rings. The van der Waals surface area contributed by atoms with Crippen LogP contribution in [0.2, 0.25) is 0 Å². The Morgan fingerprint density at radius 2 is 1.81 bits per heavy atom. The molecule has 0 saturated heterocycles. The summed E-state index contributed by atoms with van der Waals surface area (Å²) in [6, 6.07) is 9.38. The minimum Gasteiger partial charge on any atom is -0.506 e. The molecule has 5 rings (SSSR count). The lowest BCUT2D eigenvalue weighted by Gasteiger charge is -2.52. The van der Waals surface area contributed by atoms with E-state index in [4.69, 9.17) is 5.73 Å². The zero-order chi connectivity index (χ0) is 31.5. The molecular formula is C34H36N2O7. The van der Waals surface area contributed by atoms with Gasteiger partial charge in [-0.1, -0.05) is 44.7 Å². The largest absolute Gasteiger partial charge is 0.506 e. The second-order valence-corrected chi connectivity index (χ2v) is 12.5. The number of aromatic hydroxyl groups is 1. The Kier molecular flexibility index (Phi) is 7.55. The number of aryl methyl sites for hydroxylation is 1. The van der Waals surface area contributed by atoms with Gasteiger partial charge in [-0.05, 0) is 60.4 Å².